The lowest BCUT2D eigenvalue weighted by Gasteiger charge is -2.46. The number of morpholine rings is 1. The average molecular weight is 317 g/mol. The van der Waals surface area contributed by atoms with E-state index in [0.29, 0.717) is 13.1 Å². The Bertz CT molecular complexity index is 648. The molecule has 1 N–H and O–H groups in total. The highest BCUT2D eigenvalue weighted by Crippen LogP contribution is 2.38. The molecule has 0 saturated carbocycles. The Hall–Kier alpha value is -1.50. The number of benzene rings is 1. The van der Waals surface area contributed by atoms with Crippen LogP contribution in [0.15, 0.2) is 24.3 Å². The van der Waals surface area contributed by atoms with Crippen LogP contribution < -0.4 is 5.32 Å². The Morgan fingerprint density at radius 3 is 2.95 bits per heavy atom. The molecule has 0 bridgehead atoms. The fourth-order valence-electron chi connectivity index (χ4n) is 3.42. The first-order chi connectivity index (χ1) is 10.8. The second-order valence-electron chi connectivity index (χ2n) is 6.09. The Labute approximate surface area is 133 Å². The number of para-hydroxylation sites is 1. The number of aromatic nitrogens is 1. The molecule has 1 aromatic heterocycles. The highest BCUT2D eigenvalue weighted by molar-refractivity contribution is 7.18. The fourth-order valence-corrected chi connectivity index (χ4v) is 4.41. The molecule has 0 radical (unpaired) electrons. The zero-order chi connectivity index (χ0) is 15.0. The lowest BCUT2D eigenvalue weighted by molar-refractivity contribution is -0.172. The summed E-state index contributed by atoms with van der Waals surface area (Å²) in [4.78, 5) is 17.9. The van der Waals surface area contributed by atoms with E-state index in [1.54, 1.807) is 11.3 Å². The highest BCUT2D eigenvalue weighted by Gasteiger charge is 2.42. The molecule has 1 amide bonds. The molecule has 4 rings (SSSR count). The number of hydrogen-bond acceptors (Lipinski definition) is 5. The van der Waals surface area contributed by atoms with E-state index in [4.69, 9.17) is 9.72 Å². The molecule has 0 aliphatic carbocycles. The van der Waals surface area contributed by atoms with E-state index < -0.39 is 0 Å². The third kappa shape index (κ3) is 2.51. The Morgan fingerprint density at radius 2 is 2.18 bits per heavy atom. The van der Waals surface area contributed by atoms with Gasteiger partial charge in [0.05, 0.1) is 22.4 Å². The topological polar surface area (TPSA) is 54.5 Å². The van der Waals surface area contributed by atoms with E-state index in [1.807, 2.05) is 23.1 Å². The molecule has 2 saturated heterocycles. The van der Waals surface area contributed by atoms with Gasteiger partial charge in [0.1, 0.15) is 11.1 Å². The van der Waals surface area contributed by atoms with Gasteiger partial charge in [-0.1, -0.05) is 12.1 Å². The number of nitrogens with one attached hydrogen (secondary N) is 1. The maximum Gasteiger partial charge on any atom is 0.209 e. The smallest absolute Gasteiger partial charge is 0.209 e. The number of ether oxygens (including phenoxy) is 1. The van der Waals surface area contributed by atoms with Crippen molar-refractivity contribution in [3.63, 3.8) is 0 Å². The maximum absolute atomic E-state index is 11.4. The SMILES string of the molecule is O=CN1CC(c2nc3ccccc3s2)OC2(CCNCC2)C1. The molecule has 2 aliphatic rings. The van der Waals surface area contributed by atoms with Crippen molar-refractivity contribution in [3.8, 4) is 0 Å². The summed E-state index contributed by atoms with van der Waals surface area (Å²) < 4.78 is 7.64. The Morgan fingerprint density at radius 1 is 1.36 bits per heavy atom. The number of piperidine rings is 1. The maximum atomic E-state index is 11.4. The molecular formula is C16H19N3O2S. The van der Waals surface area contributed by atoms with E-state index in [-0.39, 0.29) is 11.7 Å². The monoisotopic (exact) mass is 317 g/mol. The zero-order valence-electron chi connectivity index (χ0n) is 12.3. The second-order valence-corrected chi connectivity index (χ2v) is 7.16. The number of hydrogen-bond donors (Lipinski definition) is 1. The average Bonchev–Trinajstić information content (AvgIpc) is 2.99. The number of nitrogens with zero attached hydrogens (tertiary/aromatic N) is 2. The van der Waals surface area contributed by atoms with Crippen LogP contribution in [0.2, 0.25) is 0 Å². The minimum absolute atomic E-state index is 0.116. The van der Waals surface area contributed by atoms with Gasteiger partial charge in [-0.2, -0.15) is 0 Å². The molecule has 22 heavy (non-hydrogen) atoms. The van der Waals surface area contributed by atoms with Crippen LogP contribution in [0, 0.1) is 0 Å². The van der Waals surface area contributed by atoms with Crippen molar-refractivity contribution < 1.29 is 9.53 Å². The van der Waals surface area contributed by atoms with Crippen LogP contribution in [0.5, 0.6) is 0 Å². The van der Waals surface area contributed by atoms with E-state index in [0.717, 1.165) is 42.9 Å². The van der Waals surface area contributed by atoms with Crippen LogP contribution in [-0.4, -0.2) is 48.1 Å². The van der Waals surface area contributed by atoms with Gasteiger partial charge in [-0.05, 0) is 38.1 Å². The quantitative estimate of drug-likeness (QED) is 0.860. The molecular weight excluding hydrogens is 298 g/mol. The van der Waals surface area contributed by atoms with Gasteiger partial charge in [-0.3, -0.25) is 4.79 Å². The van der Waals surface area contributed by atoms with Crippen molar-refractivity contribution in [2.24, 2.45) is 0 Å². The molecule has 6 heteroatoms. The van der Waals surface area contributed by atoms with Crippen LogP contribution >= 0.6 is 11.3 Å². The summed E-state index contributed by atoms with van der Waals surface area (Å²) in [5, 5.41) is 4.34. The van der Waals surface area contributed by atoms with Crippen molar-refractivity contribution in [3.05, 3.63) is 29.3 Å². The number of amides is 1. The fraction of sp³-hybridized carbons (Fsp3) is 0.500. The summed E-state index contributed by atoms with van der Waals surface area (Å²) in [5.41, 5.74) is 0.793. The van der Waals surface area contributed by atoms with Crippen LogP contribution in [-0.2, 0) is 9.53 Å². The molecule has 1 unspecified atom stereocenters. The first-order valence-electron chi connectivity index (χ1n) is 7.71. The minimum Gasteiger partial charge on any atom is -0.361 e. The molecule has 1 atom stereocenters. The Kier molecular flexibility index (Phi) is 3.60. The van der Waals surface area contributed by atoms with Crippen LogP contribution in [0.4, 0.5) is 0 Å². The molecule has 3 heterocycles. The lowest BCUT2D eigenvalue weighted by atomic mass is 9.89. The first-order valence-corrected chi connectivity index (χ1v) is 8.53. The van der Waals surface area contributed by atoms with Gasteiger partial charge in [0.15, 0.2) is 0 Å². The van der Waals surface area contributed by atoms with Crippen LogP contribution in [0.3, 0.4) is 0 Å². The van der Waals surface area contributed by atoms with Crippen molar-refractivity contribution in [1.29, 1.82) is 0 Å². The van der Waals surface area contributed by atoms with Crippen LogP contribution in [0.1, 0.15) is 24.0 Å². The minimum atomic E-state index is -0.215. The normalized spacial score (nSPS) is 24.7. The van der Waals surface area contributed by atoms with Crippen molar-refractivity contribution in [2.45, 2.75) is 24.5 Å². The third-order valence-corrected chi connectivity index (χ3v) is 5.66. The van der Waals surface area contributed by atoms with Gasteiger partial charge in [0.25, 0.3) is 0 Å². The van der Waals surface area contributed by atoms with Crippen molar-refractivity contribution in [1.82, 2.24) is 15.2 Å². The summed E-state index contributed by atoms with van der Waals surface area (Å²) in [5.74, 6) is 0. The first kappa shape index (κ1) is 14.1. The van der Waals surface area contributed by atoms with Gasteiger partial charge in [-0.25, -0.2) is 4.98 Å². The summed E-state index contributed by atoms with van der Waals surface area (Å²) in [7, 11) is 0. The Balaban J connectivity index is 1.65. The standard InChI is InChI=1S/C16H19N3O2S/c20-11-19-9-13(21-16(10-19)5-7-17-8-6-16)15-18-12-3-1-2-4-14(12)22-15/h1-4,11,13,17H,5-10H2. The molecule has 2 aliphatic heterocycles. The molecule has 2 aromatic rings. The number of carbonyl (C=O) groups is 1. The lowest BCUT2D eigenvalue weighted by Crippen LogP contribution is -2.56. The molecule has 1 spiro atoms. The summed E-state index contributed by atoms with van der Waals surface area (Å²) >= 11 is 1.67. The second kappa shape index (κ2) is 5.61. The van der Waals surface area contributed by atoms with Gasteiger partial charge in [0.2, 0.25) is 6.41 Å². The van der Waals surface area contributed by atoms with E-state index in [2.05, 4.69) is 11.4 Å². The predicted molar refractivity (Wildman–Crippen MR) is 85.9 cm³/mol. The van der Waals surface area contributed by atoms with Gasteiger partial charge in [0, 0.05) is 6.54 Å². The molecule has 5 nitrogen and oxygen atoms in total. The third-order valence-electron chi connectivity index (χ3n) is 4.53. The zero-order valence-corrected chi connectivity index (χ0v) is 13.1. The van der Waals surface area contributed by atoms with E-state index in [9.17, 15) is 4.79 Å². The highest BCUT2D eigenvalue weighted by atomic mass is 32.1. The van der Waals surface area contributed by atoms with Crippen molar-refractivity contribution >= 4 is 28.0 Å². The molecule has 2 fully saturated rings. The van der Waals surface area contributed by atoms with Gasteiger partial charge in [-0.15, -0.1) is 11.3 Å². The summed E-state index contributed by atoms with van der Waals surface area (Å²) in [6.07, 6.45) is 2.72. The molecule has 116 valence electrons. The van der Waals surface area contributed by atoms with Gasteiger partial charge >= 0.3 is 0 Å². The largest absolute Gasteiger partial charge is 0.361 e. The molecule has 1 aromatic carbocycles. The van der Waals surface area contributed by atoms with E-state index >= 15 is 0 Å². The van der Waals surface area contributed by atoms with Crippen LogP contribution in [0.25, 0.3) is 10.2 Å². The number of rotatable bonds is 2. The number of carbonyl (C=O) groups excluding carboxylic acids is 1. The summed E-state index contributed by atoms with van der Waals surface area (Å²) in [6, 6.07) is 8.13. The van der Waals surface area contributed by atoms with E-state index in [1.165, 1.54) is 4.70 Å². The predicted octanol–water partition coefficient (Wildman–Crippen LogP) is 1.95. The van der Waals surface area contributed by atoms with Gasteiger partial charge < -0.3 is 15.0 Å². The number of fused-ring (bicyclic) bond motifs is 1. The van der Waals surface area contributed by atoms with Crippen molar-refractivity contribution in [2.75, 3.05) is 26.2 Å². The number of thiazole rings is 1. The summed E-state index contributed by atoms with van der Waals surface area (Å²) in [6.45, 7) is 3.18.